The Morgan fingerprint density at radius 1 is 1.54 bits per heavy atom. The van der Waals surface area contributed by atoms with Gasteiger partial charge in [-0.1, -0.05) is 0 Å². The summed E-state index contributed by atoms with van der Waals surface area (Å²) in [5.74, 6) is 2.06. The molecule has 1 atom stereocenters. The molecule has 0 radical (unpaired) electrons. The van der Waals surface area contributed by atoms with Gasteiger partial charge in [0.1, 0.15) is 5.75 Å². The maximum absolute atomic E-state index is 5.17. The van der Waals surface area contributed by atoms with Crippen LogP contribution in [-0.2, 0) is 0 Å². The van der Waals surface area contributed by atoms with Crippen LogP contribution in [0.3, 0.4) is 0 Å². The van der Waals surface area contributed by atoms with E-state index in [0.717, 1.165) is 11.5 Å². The first-order chi connectivity index (χ1) is 6.29. The van der Waals surface area contributed by atoms with Gasteiger partial charge in [0, 0.05) is 22.8 Å². The molecule has 1 aliphatic rings. The monoisotopic (exact) mass is 195 g/mol. The Hall–Kier alpha value is -0.830. The SMILES string of the molecule is COc1ccc2c(c1)NC(C)CS2. The molecule has 2 nitrogen and oxygen atoms in total. The third-order valence-corrected chi connectivity index (χ3v) is 3.41. The molecular formula is C10H13NOS. The van der Waals surface area contributed by atoms with Crippen molar-refractivity contribution in [3.63, 3.8) is 0 Å². The predicted octanol–water partition coefficient (Wildman–Crippen LogP) is 2.60. The summed E-state index contributed by atoms with van der Waals surface area (Å²) in [5.41, 5.74) is 1.20. The van der Waals surface area contributed by atoms with E-state index in [1.54, 1.807) is 7.11 Å². The number of fused-ring (bicyclic) bond motifs is 1. The standard InChI is InChI=1S/C10H13NOS/c1-7-6-13-10-4-3-8(12-2)5-9(10)11-7/h3-5,7,11H,6H2,1-2H3. The first kappa shape index (κ1) is 8.75. The molecule has 0 saturated carbocycles. The number of anilines is 1. The van der Waals surface area contributed by atoms with Crippen LogP contribution < -0.4 is 10.1 Å². The number of hydrogen-bond acceptors (Lipinski definition) is 3. The molecule has 0 aliphatic carbocycles. The van der Waals surface area contributed by atoms with Crippen LogP contribution >= 0.6 is 11.8 Å². The number of hydrogen-bond donors (Lipinski definition) is 1. The number of benzene rings is 1. The van der Waals surface area contributed by atoms with Crippen molar-refractivity contribution in [3.8, 4) is 5.75 Å². The van der Waals surface area contributed by atoms with Crippen LogP contribution in [0.25, 0.3) is 0 Å². The zero-order valence-corrected chi connectivity index (χ0v) is 8.65. The summed E-state index contributed by atoms with van der Waals surface area (Å²) < 4.78 is 5.17. The van der Waals surface area contributed by atoms with E-state index in [1.807, 2.05) is 17.8 Å². The van der Waals surface area contributed by atoms with Crippen molar-refractivity contribution in [1.29, 1.82) is 0 Å². The van der Waals surface area contributed by atoms with Crippen LogP contribution in [-0.4, -0.2) is 18.9 Å². The first-order valence-electron chi connectivity index (χ1n) is 4.37. The number of nitrogens with one attached hydrogen (secondary N) is 1. The summed E-state index contributed by atoms with van der Waals surface area (Å²) in [6.45, 7) is 2.19. The van der Waals surface area contributed by atoms with Crippen LogP contribution in [0.5, 0.6) is 5.75 Å². The van der Waals surface area contributed by atoms with E-state index < -0.39 is 0 Å². The normalized spacial score (nSPS) is 20.3. The molecule has 70 valence electrons. The third kappa shape index (κ3) is 1.75. The lowest BCUT2D eigenvalue weighted by Gasteiger charge is -2.23. The second-order valence-electron chi connectivity index (χ2n) is 3.22. The van der Waals surface area contributed by atoms with Gasteiger partial charge in [-0.3, -0.25) is 0 Å². The number of ether oxygens (including phenoxy) is 1. The second-order valence-corrected chi connectivity index (χ2v) is 4.28. The lowest BCUT2D eigenvalue weighted by molar-refractivity contribution is 0.414. The van der Waals surface area contributed by atoms with E-state index in [4.69, 9.17) is 4.74 Å². The minimum atomic E-state index is 0.546. The van der Waals surface area contributed by atoms with Crippen LogP contribution in [0.1, 0.15) is 6.92 Å². The average molecular weight is 195 g/mol. The summed E-state index contributed by atoms with van der Waals surface area (Å²) in [6.07, 6.45) is 0. The Kier molecular flexibility index (Phi) is 2.36. The predicted molar refractivity (Wildman–Crippen MR) is 56.8 cm³/mol. The number of rotatable bonds is 1. The lowest BCUT2D eigenvalue weighted by Crippen LogP contribution is -2.21. The minimum Gasteiger partial charge on any atom is -0.497 e. The van der Waals surface area contributed by atoms with Gasteiger partial charge in [-0.2, -0.15) is 0 Å². The van der Waals surface area contributed by atoms with Gasteiger partial charge in [0.2, 0.25) is 0 Å². The molecule has 1 aliphatic heterocycles. The van der Waals surface area contributed by atoms with Gasteiger partial charge in [0.05, 0.1) is 12.8 Å². The van der Waals surface area contributed by atoms with Crippen LogP contribution in [0.15, 0.2) is 23.1 Å². The van der Waals surface area contributed by atoms with Gasteiger partial charge in [-0.15, -0.1) is 11.8 Å². The highest BCUT2D eigenvalue weighted by atomic mass is 32.2. The van der Waals surface area contributed by atoms with Gasteiger partial charge in [-0.05, 0) is 19.1 Å². The van der Waals surface area contributed by atoms with Gasteiger partial charge in [-0.25, -0.2) is 0 Å². The Morgan fingerprint density at radius 3 is 3.15 bits per heavy atom. The van der Waals surface area contributed by atoms with Crippen molar-refractivity contribution in [2.75, 3.05) is 18.2 Å². The molecule has 0 amide bonds. The van der Waals surface area contributed by atoms with E-state index in [9.17, 15) is 0 Å². The maximum Gasteiger partial charge on any atom is 0.121 e. The van der Waals surface area contributed by atoms with E-state index >= 15 is 0 Å². The second kappa shape index (κ2) is 3.50. The van der Waals surface area contributed by atoms with E-state index in [0.29, 0.717) is 6.04 Å². The van der Waals surface area contributed by atoms with Crippen LogP contribution in [0, 0.1) is 0 Å². The molecule has 3 heteroatoms. The van der Waals surface area contributed by atoms with Gasteiger partial charge in [0.15, 0.2) is 0 Å². The Morgan fingerprint density at radius 2 is 2.38 bits per heavy atom. The minimum absolute atomic E-state index is 0.546. The fourth-order valence-corrected chi connectivity index (χ4v) is 2.35. The molecule has 1 unspecified atom stereocenters. The molecule has 1 aromatic carbocycles. The fraction of sp³-hybridized carbons (Fsp3) is 0.400. The molecule has 0 saturated heterocycles. The molecule has 0 aromatic heterocycles. The molecule has 2 rings (SSSR count). The Labute approximate surface area is 82.7 Å². The average Bonchev–Trinajstić information content (AvgIpc) is 2.16. The molecule has 0 bridgehead atoms. The highest BCUT2D eigenvalue weighted by molar-refractivity contribution is 7.99. The zero-order chi connectivity index (χ0) is 9.26. The van der Waals surface area contributed by atoms with E-state index in [2.05, 4.69) is 24.4 Å². The largest absolute Gasteiger partial charge is 0.497 e. The molecular weight excluding hydrogens is 182 g/mol. The Balaban J connectivity index is 2.32. The van der Waals surface area contributed by atoms with Gasteiger partial charge in [0.25, 0.3) is 0 Å². The van der Waals surface area contributed by atoms with Gasteiger partial charge >= 0.3 is 0 Å². The summed E-state index contributed by atoms with van der Waals surface area (Å²) in [5, 5.41) is 3.43. The quantitative estimate of drug-likeness (QED) is 0.744. The van der Waals surface area contributed by atoms with Crippen molar-refractivity contribution < 1.29 is 4.74 Å². The fourth-order valence-electron chi connectivity index (χ4n) is 1.40. The molecule has 1 aromatic rings. The molecule has 1 N–H and O–H groups in total. The third-order valence-electron chi connectivity index (χ3n) is 2.08. The number of thioether (sulfide) groups is 1. The van der Waals surface area contributed by atoms with Crippen molar-refractivity contribution in [2.24, 2.45) is 0 Å². The molecule has 0 fully saturated rings. The number of methoxy groups -OCH3 is 1. The summed E-state index contributed by atoms with van der Waals surface area (Å²) in [4.78, 5) is 1.32. The van der Waals surface area contributed by atoms with E-state index in [1.165, 1.54) is 10.6 Å². The summed E-state index contributed by atoms with van der Waals surface area (Å²) >= 11 is 1.90. The van der Waals surface area contributed by atoms with Crippen molar-refractivity contribution >= 4 is 17.4 Å². The van der Waals surface area contributed by atoms with Crippen molar-refractivity contribution in [1.82, 2.24) is 0 Å². The first-order valence-corrected chi connectivity index (χ1v) is 5.35. The lowest BCUT2D eigenvalue weighted by atomic mass is 10.2. The summed E-state index contributed by atoms with van der Waals surface area (Å²) in [7, 11) is 1.70. The smallest absolute Gasteiger partial charge is 0.121 e. The maximum atomic E-state index is 5.17. The molecule has 1 heterocycles. The zero-order valence-electron chi connectivity index (χ0n) is 7.83. The molecule has 13 heavy (non-hydrogen) atoms. The topological polar surface area (TPSA) is 21.3 Å². The van der Waals surface area contributed by atoms with Gasteiger partial charge < -0.3 is 10.1 Å². The molecule has 0 spiro atoms. The van der Waals surface area contributed by atoms with E-state index in [-0.39, 0.29) is 0 Å². The highest BCUT2D eigenvalue weighted by Gasteiger charge is 2.14. The Bertz CT molecular complexity index is 314. The van der Waals surface area contributed by atoms with Crippen LogP contribution in [0.2, 0.25) is 0 Å². The highest BCUT2D eigenvalue weighted by Crippen LogP contribution is 2.35. The van der Waals surface area contributed by atoms with Crippen molar-refractivity contribution in [3.05, 3.63) is 18.2 Å². The van der Waals surface area contributed by atoms with Crippen LogP contribution in [0.4, 0.5) is 5.69 Å². The summed E-state index contributed by atoms with van der Waals surface area (Å²) in [6, 6.07) is 6.71. The van der Waals surface area contributed by atoms with Crippen molar-refractivity contribution in [2.45, 2.75) is 17.9 Å².